The van der Waals surface area contributed by atoms with Crippen molar-refractivity contribution in [1.82, 2.24) is 20.3 Å². The van der Waals surface area contributed by atoms with E-state index in [0.717, 1.165) is 17.5 Å². The number of nitrogens with one attached hydrogen (secondary N) is 2. The summed E-state index contributed by atoms with van der Waals surface area (Å²) in [6, 6.07) is 3.66. The van der Waals surface area contributed by atoms with Crippen LogP contribution >= 0.6 is 0 Å². The number of rotatable bonds is 4. The summed E-state index contributed by atoms with van der Waals surface area (Å²) in [6.45, 7) is 3.94. The molecule has 6 nitrogen and oxygen atoms in total. The molecule has 0 bridgehead atoms. The van der Waals surface area contributed by atoms with Crippen LogP contribution in [0.4, 0.5) is 0 Å². The van der Waals surface area contributed by atoms with Crippen molar-refractivity contribution in [2.75, 3.05) is 0 Å². The van der Waals surface area contributed by atoms with E-state index >= 15 is 0 Å². The second kappa shape index (κ2) is 6.10. The standard InChI is InChI=1S/C14H16N4O2/c1-3-10(11-6-9(2)4-5-15-11)18-14(20)12-7-17-13(19)8-16-12/h4-8,10H,3H2,1-2H3,(H,17,19)(H,18,20)/t10-/m1/s1. The number of H-pyrrole nitrogens is 1. The summed E-state index contributed by atoms with van der Waals surface area (Å²) >= 11 is 0. The molecule has 1 atom stereocenters. The van der Waals surface area contributed by atoms with E-state index in [1.807, 2.05) is 26.0 Å². The normalized spacial score (nSPS) is 11.9. The van der Waals surface area contributed by atoms with Crippen LogP contribution in [0.15, 0.2) is 35.5 Å². The van der Waals surface area contributed by atoms with Gasteiger partial charge in [-0.15, -0.1) is 0 Å². The van der Waals surface area contributed by atoms with Gasteiger partial charge in [0, 0.05) is 12.4 Å². The molecular weight excluding hydrogens is 256 g/mol. The maximum atomic E-state index is 12.1. The van der Waals surface area contributed by atoms with Gasteiger partial charge in [0.15, 0.2) is 0 Å². The predicted octanol–water partition coefficient (Wildman–Crippen LogP) is 1.35. The van der Waals surface area contributed by atoms with Gasteiger partial charge in [0.25, 0.3) is 11.5 Å². The monoisotopic (exact) mass is 272 g/mol. The van der Waals surface area contributed by atoms with Crippen LogP contribution in [0, 0.1) is 6.92 Å². The van der Waals surface area contributed by atoms with Crippen molar-refractivity contribution in [1.29, 1.82) is 0 Å². The van der Waals surface area contributed by atoms with Gasteiger partial charge in [0.1, 0.15) is 5.69 Å². The number of nitrogens with zero attached hydrogens (tertiary/aromatic N) is 2. The van der Waals surface area contributed by atoms with E-state index < -0.39 is 0 Å². The lowest BCUT2D eigenvalue weighted by Crippen LogP contribution is -2.30. The minimum atomic E-state index is -0.339. The largest absolute Gasteiger partial charge is 0.342 e. The fourth-order valence-corrected chi connectivity index (χ4v) is 1.83. The molecule has 0 aromatic carbocycles. The zero-order chi connectivity index (χ0) is 14.5. The van der Waals surface area contributed by atoms with Crippen LogP contribution in [0.1, 0.15) is 41.1 Å². The topological polar surface area (TPSA) is 87.7 Å². The zero-order valence-corrected chi connectivity index (χ0v) is 11.4. The minimum Gasteiger partial charge on any atom is -0.342 e. The van der Waals surface area contributed by atoms with Gasteiger partial charge in [0.2, 0.25) is 0 Å². The molecule has 1 amide bonds. The second-order valence-electron chi connectivity index (χ2n) is 4.49. The van der Waals surface area contributed by atoms with Gasteiger partial charge in [-0.1, -0.05) is 6.92 Å². The molecule has 20 heavy (non-hydrogen) atoms. The highest BCUT2D eigenvalue weighted by atomic mass is 16.2. The number of hydrogen-bond donors (Lipinski definition) is 2. The van der Waals surface area contributed by atoms with Gasteiger partial charge in [-0.05, 0) is 31.0 Å². The van der Waals surface area contributed by atoms with Crippen LogP contribution in [-0.4, -0.2) is 20.9 Å². The summed E-state index contributed by atoms with van der Waals surface area (Å²) in [5.41, 5.74) is 1.74. The van der Waals surface area contributed by atoms with Crippen molar-refractivity contribution in [3.63, 3.8) is 0 Å². The lowest BCUT2D eigenvalue weighted by molar-refractivity contribution is 0.0929. The number of amides is 1. The summed E-state index contributed by atoms with van der Waals surface area (Å²) in [5, 5.41) is 2.86. The van der Waals surface area contributed by atoms with Gasteiger partial charge < -0.3 is 10.3 Å². The Kier molecular flexibility index (Phi) is 4.24. The highest BCUT2D eigenvalue weighted by Crippen LogP contribution is 2.15. The number of hydrogen-bond acceptors (Lipinski definition) is 4. The van der Waals surface area contributed by atoms with E-state index in [1.54, 1.807) is 6.20 Å². The molecule has 6 heteroatoms. The van der Waals surface area contributed by atoms with Crippen LogP contribution < -0.4 is 10.9 Å². The summed E-state index contributed by atoms with van der Waals surface area (Å²) < 4.78 is 0. The van der Waals surface area contributed by atoms with Crippen LogP contribution in [0.25, 0.3) is 0 Å². The molecule has 0 aliphatic rings. The number of aromatic amines is 1. The summed E-state index contributed by atoms with van der Waals surface area (Å²) in [4.78, 5) is 33.5. The maximum absolute atomic E-state index is 12.1. The van der Waals surface area contributed by atoms with Crippen LogP contribution in [0.3, 0.4) is 0 Å². The van der Waals surface area contributed by atoms with Crippen molar-refractivity contribution in [2.24, 2.45) is 0 Å². The third-order valence-corrected chi connectivity index (χ3v) is 2.91. The molecule has 0 saturated carbocycles. The smallest absolute Gasteiger partial charge is 0.271 e. The number of carbonyl (C=O) groups excluding carboxylic acids is 1. The molecule has 0 saturated heterocycles. The van der Waals surface area contributed by atoms with Crippen molar-refractivity contribution >= 4 is 5.91 Å². The van der Waals surface area contributed by atoms with E-state index in [-0.39, 0.29) is 23.2 Å². The molecule has 0 radical (unpaired) electrons. The van der Waals surface area contributed by atoms with E-state index in [4.69, 9.17) is 0 Å². The van der Waals surface area contributed by atoms with Gasteiger partial charge in [0.05, 0.1) is 17.9 Å². The Labute approximate surface area is 116 Å². The van der Waals surface area contributed by atoms with Crippen molar-refractivity contribution < 1.29 is 4.79 Å². The van der Waals surface area contributed by atoms with E-state index in [0.29, 0.717) is 6.42 Å². The fourth-order valence-electron chi connectivity index (χ4n) is 1.83. The first-order chi connectivity index (χ1) is 9.60. The zero-order valence-electron chi connectivity index (χ0n) is 11.4. The lowest BCUT2D eigenvalue weighted by atomic mass is 10.1. The molecule has 2 rings (SSSR count). The third kappa shape index (κ3) is 3.28. The molecular formula is C14H16N4O2. The Morgan fingerprint density at radius 2 is 2.25 bits per heavy atom. The number of aromatic nitrogens is 3. The second-order valence-corrected chi connectivity index (χ2v) is 4.49. The molecule has 0 aliphatic heterocycles. The highest BCUT2D eigenvalue weighted by Gasteiger charge is 2.16. The number of aryl methyl sites for hydroxylation is 1. The average molecular weight is 272 g/mol. The molecule has 0 unspecified atom stereocenters. The maximum Gasteiger partial charge on any atom is 0.271 e. The summed E-state index contributed by atoms with van der Waals surface area (Å²) in [7, 11) is 0. The van der Waals surface area contributed by atoms with Crippen molar-refractivity contribution in [3.8, 4) is 0 Å². The fraction of sp³-hybridized carbons (Fsp3) is 0.286. The SMILES string of the molecule is CC[C@@H](NC(=O)c1c[nH]c(=O)cn1)c1cc(C)ccn1. The Hall–Kier alpha value is -2.50. The van der Waals surface area contributed by atoms with Crippen molar-refractivity contribution in [2.45, 2.75) is 26.3 Å². The first-order valence-electron chi connectivity index (χ1n) is 6.38. The Balaban J connectivity index is 2.16. The Morgan fingerprint density at radius 1 is 1.45 bits per heavy atom. The highest BCUT2D eigenvalue weighted by molar-refractivity contribution is 5.92. The summed E-state index contributed by atoms with van der Waals surface area (Å²) in [6.07, 6.45) is 4.82. The molecule has 2 aromatic rings. The Bertz CT molecular complexity index is 646. The number of pyridine rings is 1. The quantitative estimate of drug-likeness (QED) is 0.879. The van der Waals surface area contributed by atoms with Crippen LogP contribution in [0.5, 0.6) is 0 Å². The Morgan fingerprint density at radius 3 is 2.85 bits per heavy atom. The van der Waals surface area contributed by atoms with Gasteiger partial charge in [-0.3, -0.25) is 14.6 Å². The average Bonchev–Trinajstić information content (AvgIpc) is 2.45. The lowest BCUT2D eigenvalue weighted by Gasteiger charge is -2.16. The van der Waals surface area contributed by atoms with E-state index in [9.17, 15) is 9.59 Å². The molecule has 2 heterocycles. The summed E-state index contributed by atoms with van der Waals surface area (Å²) in [5.74, 6) is -0.337. The van der Waals surface area contributed by atoms with Crippen LogP contribution in [0.2, 0.25) is 0 Å². The van der Waals surface area contributed by atoms with E-state index in [1.165, 1.54) is 6.20 Å². The van der Waals surface area contributed by atoms with E-state index in [2.05, 4.69) is 20.3 Å². The van der Waals surface area contributed by atoms with Gasteiger partial charge in [-0.25, -0.2) is 4.98 Å². The third-order valence-electron chi connectivity index (χ3n) is 2.91. The van der Waals surface area contributed by atoms with Crippen molar-refractivity contribution in [3.05, 3.63) is 58.0 Å². The first kappa shape index (κ1) is 13.9. The first-order valence-corrected chi connectivity index (χ1v) is 6.38. The molecule has 0 spiro atoms. The minimum absolute atomic E-state index is 0.177. The molecule has 2 N–H and O–H groups in total. The van der Waals surface area contributed by atoms with Crippen LogP contribution in [-0.2, 0) is 0 Å². The molecule has 0 fully saturated rings. The van der Waals surface area contributed by atoms with Gasteiger partial charge >= 0.3 is 0 Å². The van der Waals surface area contributed by atoms with Gasteiger partial charge in [-0.2, -0.15) is 0 Å². The molecule has 104 valence electrons. The number of carbonyl (C=O) groups is 1. The molecule has 2 aromatic heterocycles. The molecule has 0 aliphatic carbocycles. The predicted molar refractivity (Wildman–Crippen MR) is 74.3 cm³/mol.